The van der Waals surface area contributed by atoms with Crippen LogP contribution in [0.5, 0.6) is 0 Å². The van der Waals surface area contributed by atoms with Gasteiger partial charge in [-0.3, -0.25) is 14.4 Å². The third-order valence-corrected chi connectivity index (χ3v) is 5.99. The van der Waals surface area contributed by atoms with E-state index in [4.69, 9.17) is 4.74 Å². The molecule has 6 heteroatoms. The maximum absolute atomic E-state index is 13.0. The van der Waals surface area contributed by atoms with E-state index in [0.717, 1.165) is 31.2 Å². The van der Waals surface area contributed by atoms with Gasteiger partial charge in [-0.2, -0.15) is 0 Å². The molecule has 3 rings (SSSR count). The van der Waals surface area contributed by atoms with Crippen molar-refractivity contribution in [2.45, 2.75) is 70.4 Å². The Kier molecular flexibility index (Phi) is 7.67. The number of benzene rings is 1. The van der Waals surface area contributed by atoms with Crippen LogP contribution >= 0.6 is 0 Å². The minimum atomic E-state index is -0.454. The fourth-order valence-electron chi connectivity index (χ4n) is 4.44. The van der Waals surface area contributed by atoms with Crippen LogP contribution in [0.15, 0.2) is 30.3 Å². The molecule has 2 fully saturated rings. The molecule has 1 aliphatic heterocycles. The Morgan fingerprint density at radius 1 is 1.14 bits per heavy atom. The first-order valence-electron chi connectivity index (χ1n) is 10.9. The van der Waals surface area contributed by atoms with E-state index in [9.17, 15) is 14.4 Å². The van der Waals surface area contributed by atoms with Crippen LogP contribution in [-0.4, -0.2) is 41.9 Å². The number of rotatable bonds is 7. The van der Waals surface area contributed by atoms with Crippen molar-refractivity contribution in [3.63, 3.8) is 0 Å². The molecule has 1 N–H and O–H groups in total. The zero-order chi connectivity index (χ0) is 20.6. The summed E-state index contributed by atoms with van der Waals surface area (Å²) in [6, 6.07) is 9.26. The highest BCUT2D eigenvalue weighted by Gasteiger charge is 2.38. The molecule has 0 aromatic heterocycles. The van der Waals surface area contributed by atoms with E-state index in [2.05, 4.69) is 5.32 Å². The van der Waals surface area contributed by atoms with Crippen molar-refractivity contribution in [2.75, 3.05) is 13.2 Å². The van der Waals surface area contributed by atoms with E-state index in [-0.39, 0.29) is 42.6 Å². The van der Waals surface area contributed by atoms with Gasteiger partial charge in [-0.15, -0.1) is 0 Å². The average Bonchev–Trinajstić information content (AvgIpc) is 2.92. The standard InChI is InChI=1S/C23H32N2O4/c1-2-29-22(27)15-20(17-10-6-5-7-11-17)24-23(28)18-14-21(26)25(16-18)19-12-8-3-4-9-13-19/h5-7,10-11,18-20H,2-4,8-9,12-16H2,1H3,(H,24,28). The molecule has 2 atom stereocenters. The van der Waals surface area contributed by atoms with Crippen LogP contribution in [0, 0.1) is 5.92 Å². The highest BCUT2D eigenvalue weighted by Crippen LogP contribution is 2.29. The molecule has 6 nitrogen and oxygen atoms in total. The quantitative estimate of drug-likeness (QED) is 0.562. The molecule has 2 amide bonds. The lowest BCUT2D eigenvalue weighted by atomic mass is 10.0. The molecule has 0 radical (unpaired) electrons. The SMILES string of the molecule is CCOC(=O)CC(NC(=O)C1CC(=O)N(C2CCCCCC2)C1)c1ccccc1. The molecule has 0 bridgehead atoms. The predicted octanol–water partition coefficient (Wildman–Crippen LogP) is 3.37. The van der Waals surface area contributed by atoms with E-state index in [0.29, 0.717) is 13.2 Å². The molecular formula is C23H32N2O4. The van der Waals surface area contributed by atoms with Gasteiger partial charge < -0.3 is 15.0 Å². The number of hydrogen-bond acceptors (Lipinski definition) is 4. The molecule has 1 saturated carbocycles. The molecule has 1 aromatic rings. The molecule has 2 unspecified atom stereocenters. The summed E-state index contributed by atoms with van der Waals surface area (Å²) in [5.74, 6) is -0.783. The van der Waals surface area contributed by atoms with Crippen molar-refractivity contribution in [1.82, 2.24) is 10.2 Å². The fraction of sp³-hybridized carbons (Fsp3) is 0.609. The van der Waals surface area contributed by atoms with Crippen molar-refractivity contribution in [2.24, 2.45) is 5.92 Å². The molecule has 1 aliphatic carbocycles. The second-order valence-corrected chi connectivity index (χ2v) is 8.07. The Morgan fingerprint density at radius 3 is 2.48 bits per heavy atom. The maximum Gasteiger partial charge on any atom is 0.308 e. The molecule has 29 heavy (non-hydrogen) atoms. The third-order valence-electron chi connectivity index (χ3n) is 5.99. The molecule has 2 aliphatic rings. The van der Waals surface area contributed by atoms with E-state index < -0.39 is 6.04 Å². The summed E-state index contributed by atoms with van der Waals surface area (Å²) < 4.78 is 5.07. The van der Waals surface area contributed by atoms with Crippen molar-refractivity contribution in [3.8, 4) is 0 Å². The lowest BCUT2D eigenvalue weighted by Gasteiger charge is -2.27. The van der Waals surface area contributed by atoms with Gasteiger partial charge in [0.2, 0.25) is 11.8 Å². The Balaban J connectivity index is 1.64. The molecule has 1 saturated heterocycles. The van der Waals surface area contributed by atoms with Gasteiger partial charge in [0.05, 0.1) is 25.0 Å². The van der Waals surface area contributed by atoms with Crippen LogP contribution in [0.1, 0.15) is 69.9 Å². The summed E-state index contributed by atoms with van der Waals surface area (Å²) in [7, 11) is 0. The molecule has 1 heterocycles. The maximum atomic E-state index is 13.0. The van der Waals surface area contributed by atoms with Crippen molar-refractivity contribution < 1.29 is 19.1 Å². The Labute approximate surface area is 173 Å². The van der Waals surface area contributed by atoms with E-state index in [1.807, 2.05) is 35.2 Å². The van der Waals surface area contributed by atoms with E-state index >= 15 is 0 Å². The predicted molar refractivity (Wildman–Crippen MR) is 110 cm³/mol. The number of ether oxygens (including phenoxy) is 1. The van der Waals surface area contributed by atoms with E-state index in [1.54, 1.807) is 6.92 Å². The first kappa shape index (κ1) is 21.3. The van der Waals surface area contributed by atoms with Gasteiger partial charge in [-0.25, -0.2) is 0 Å². The summed E-state index contributed by atoms with van der Waals surface area (Å²) in [5, 5.41) is 3.00. The monoisotopic (exact) mass is 400 g/mol. The summed E-state index contributed by atoms with van der Waals surface area (Å²) in [6.45, 7) is 2.55. The van der Waals surface area contributed by atoms with Gasteiger partial charge in [-0.1, -0.05) is 56.0 Å². The summed E-state index contributed by atoms with van der Waals surface area (Å²) in [6.07, 6.45) is 7.18. The summed E-state index contributed by atoms with van der Waals surface area (Å²) in [5.41, 5.74) is 0.860. The van der Waals surface area contributed by atoms with Crippen LogP contribution in [0.2, 0.25) is 0 Å². The minimum Gasteiger partial charge on any atom is -0.466 e. The number of hydrogen-bond donors (Lipinski definition) is 1. The highest BCUT2D eigenvalue weighted by atomic mass is 16.5. The fourth-order valence-corrected chi connectivity index (χ4v) is 4.44. The van der Waals surface area contributed by atoms with Crippen LogP contribution < -0.4 is 5.32 Å². The van der Waals surface area contributed by atoms with Crippen LogP contribution in [0.4, 0.5) is 0 Å². The van der Waals surface area contributed by atoms with Gasteiger partial charge in [0.1, 0.15) is 0 Å². The lowest BCUT2D eigenvalue weighted by molar-refractivity contribution is -0.144. The van der Waals surface area contributed by atoms with Gasteiger partial charge in [-0.05, 0) is 25.3 Å². The molecule has 158 valence electrons. The second kappa shape index (κ2) is 10.4. The first-order valence-corrected chi connectivity index (χ1v) is 10.9. The largest absolute Gasteiger partial charge is 0.466 e. The van der Waals surface area contributed by atoms with Gasteiger partial charge in [0.15, 0.2) is 0 Å². The molecular weight excluding hydrogens is 368 g/mol. The van der Waals surface area contributed by atoms with Gasteiger partial charge >= 0.3 is 5.97 Å². The number of esters is 1. The minimum absolute atomic E-state index is 0.0800. The smallest absolute Gasteiger partial charge is 0.308 e. The Bertz CT molecular complexity index is 698. The lowest BCUT2D eigenvalue weighted by Crippen LogP contribution is -2.39. The number of nitrogens with one attached hydrogen (secondary N) is 1. The number of nitrogens with zero attached hydrogens (tertiary/aromatic N) is 1. The zero-order valence-corrected chi connectivity index (χ0v) is 17.3. The summed E-state index contributed by atoms with van der Waals surface area (Å²) >= 11 is 0. The zero-order valence-electron chi connectivity index (χ0n) is 17.3. The van der Waals surface area contributed by atoms with Crippen molar-refractivity contribution >= 4 is 17.8 Å². The molecule has 1 aromatic carbocycles. The first-order chi connectivity index (χ1) is 14.1. The Morgan fingerprint density at radius 2 is 1.83 bits per heavy atom. The normalized spacial score (nSPS) is 21.5. The number of likely N-dealkylation sites (tertiary alicyclic amines) is 1. The van der Waals surface area contributed by atoms with Gasteiger partial charge in [0, 0.05) is 19.0 Å². The van der Waals surface area contributed by atoms with Crippen molar-refractivity contribution in [3.05, 3.63) is 35.9 Å². The van der Waals surface area contributed by atoms with Crippen molar-refractivity contribution in [1.29, 1.82) is 0 Å². The number of carbonyl (C=O) groups excluding carboxylic acids is 3. The molecule has 0 spiro atoms. The van der Waals surface area contributed by atoms with Crippen LogP contribution in [0.25, 0.3) is 0 Å². The number of carbonyl (C=O) groups is 3. The Hall–Kier alpha value is -2.37. The third kappa shape index (κ3) is 5.81. The summed E-state index contributed by atoms with van der Waals surface area (Å²) in [4.78, 5) is 39.5. The van der Waals surface area contributed by atoms with Gasteiger partial charge in [0.25, 0.3) is 0 Å². The van der Waals surface area contributed by atoms with Crippen LogP contribution in [0.3, 0.4) is 0 Å². The number of amides is 2. The van der Waals surface area contributed by atoms with Crippen LogP contribution in [-0.2, 0) is 19.1 Å². The van der Waals surface area contributed by atoms with E-state index in [1.165, 1.54) is 12.8 Å². The average molecular weight is 401 g/mol. The topological polar surface area (TPSA) is 75.7 Å². The highest BCUT2D eigenvalue weighted by molar-refractivity contribution is 5.89. The second-order valence-electron chi connectivity index (χ2n) is 8.07.